The van der Waals surface area contributed by atoms with Gasteiger partial charge in [0.05, 0.1) is 0 Å². The van der Waals surface area contributed by atoms with Crippen LogP contribution in [0.5, 0.6) is 0 Å². The Bertz CT molecular complexity index is 138. The fourth-order valence-electron chi connectivity index (χ4n) is 1.45. The van der Waals surface area contributed by atoms with Crippen LogP contribution in [0.4, 0.5) is 0 Å². The lowest BCUT2D eigenvalue weighted by atomic mass is 10.1. The van der Waals surface area contributed by atoms with Crippen molar-refractivity contribution >= 4 is 0 Å². The van der Waals surface area contributed by atoms with E-state index in [9.17, 15) is 0 Å². The summed E-state index contributed by atoms with van der Waals surface area (Å²) >= 11 is 0. The third-order valence-electron chi connectivity index (χ3n) is 2.35. The van der Waals surface area contributed by atoms with E-state index in [0.717, 1.165) is 5.92 Å². The fraction of sp³-hybridized carbons (Fsp3) is 0.800. The fourth-order valence-corrected chi connectivity index (χ4v) is 1.45. The van der Waals surface area contributed by atoms with Gasteiger partial charge in [0, 0.05) is 12.6 Å². The lowest BCUT2D eigenvalue weighted by Gasteiger charge is -2.23. The van der Waals surface area contributed by atoms with E-state index in [0.29, 0.717) is 6.04 Å². The molecule has 0 aromatic heterocycles. The van der Waals surface area contributed by atoms with Crippen LogP contribution in [0.15, 0.2) is 12.3 Å². The van der Waals surface area contributed by atoms with Gasteiger partial charge in [0.2, 0.25) is 0 Å². The molecule has 1 atom stereocenters. The molecule has 1 nitrogen and oxygen atoms in total. The third kappa shape index (κ3) is 2.57. The molecule has 0 spiro atoms. The number of nitrogens with zero attached hydrogens (tertiary/aromatic N) is 1. The molecule has 0 fully saturated rings. The van der Waals surface area contributed by atoms with Crippen LogP contribution >= 0.6 is 0 Å². The van der Waals surface area contributed by atoms with E-state index in [1.807, 2.05) is 0 Å². The number of allylic oxidation sites excluding steroid dienone is 1. The Balaban J connectivity index is 2.49. The zero-order valence-electron chi connectivity index (χ0n) is 7.88. The van der Waals surface area contributed by atoms with Crippen molar-refractivity contribution in [3.63, 3.8) is 0 Å². The highest BCUT2D eigenvalue weighted by molar-refractivity contribution is 4.90. The monoisotopic (exact) mass is 153 g/mol. The van der Waals surface area contributed by atoms with Gasteiger partial charge in [-0.05, 0) is 38.8 Å². The molecule has 0 aromatic rings. The van der Waals surface area contributed by atoms with Crippen molar-refractivity contribution in [2.75, 3.05) is 6.54 Å². The van der Waals surface area contributed by atoms with Crippen molar-refractivity contribution in [2.24, 2.45) is 5.92 Å². The van der Waals surface area contributed by atoms with Gasteiger partial charge in [0.15, 0.2) is 0 Å². The maximum atomic E-state index is 2.42. The first-order chi connectivity index (χ1) is 5.20. The number of hydrogen-bond acceptors (Lipinski definition) is 1. The minimum Gasteiger partial charge on any atom is -0.375 e. The molecule has 64 valence electrons. The Hall–Kier alpha value is -0.460. The Morgan fingerprint density at radius 1 is 1.45 bits per heavy atom. The van der Waals surface area contributed by atoms with Gasteiger partial charge in [-0.15, -0.1) is 0 Å². The Kier molecular flexibility index (Phi) is 2.98. The minimum atomic E-state index is 0.663. The molecular formula is C10H19N. The van der Waals surface area contributed by atoms with Crippen molar-refractivity contribution in [3.8, 4) is 0 Å². The lowest BCUT2D eigenvalue weighted by molar-refractivity contribution is 0.309. The molecule has 1 heterocycles. The normalized spacial score (nSPS) is 25.8. The first kappa shape index (κ1) is 8.63. The molecule has 0 radical (unpaired) electrons. The maximum Gasteiger partial charge on any atom is 0.0227 e. The summed E-state index contributed by atoms with van der Waals surface area (Å²) < 4.78 is 0. The van der Waals surface area contributed by atoms with Crippen molar-refractivity contribution < 1.29 is 0 Å². The summed E-state index contributed by atoms with van der Waals surface area (Å²) in [6.07, 6.45) is 7.28. The van der Waals surface area contributed by atoms with E-state index in [1.165, 1.54) is 19.4 Å². The quantitative estimate of drug-likeness (QED) is 0.560. The molecule has 11 heavy (non-hydrogen) atoms. The maximum absolute atomic E-state index is 2.42. The van der Waals surface area contributed by atoms with Crippen molar-refractivity contribution in [1.82, 2.24) is 4.90 Å². The second-order valence-electron chi connectivity index (χ2n) is 3.79. The Morgan fingerprint density at radius 2 is 2.18 bits per heavy atom. The van der Waals surface area contributed by atoms with Gasteiger partial charge in [-0.2, -0.15) is 0 Å². The first-order valence-electron chi connectivity index (χ1n) is 4.64. The second kappa shape index (κ2) is 3.80. The predicted octanol–water partition coefficient (Wildman–Crippen LogP) is 2.64. The lowest BCUT2D eigenvalue weighted by Crippen LogP contribution is -2.25. The standard InChI is InChI=1S/C10H19N/c1-9(2)11-7-4-5-10(3)6-8-11/h6,8-10H,4-5,7H2,1-3H3. The summed E-state index contributed by atoms with van der Waals surface area (Å²) in [5.74, 6) is 0.777. The van der Waals surface area contributed by atoms with Crippen molar-refractivity contribution in [1.29, 1.82) is 0 Å². The van der Waals surface area contributed by atoms with E-state index in [4.69, 9.17) is 0 Å². The van der Waals surface area contributed by atoms with Crippen LogP contribution in [-0.4, -0.2) is 17.5 Å². The smallest absolute Gasteiger partial charge is 0.0227 e. The van der Waals surface area contributed by atoms with E-state index in [1.54, 1.807) is 0 Å². The van der Waals surface area contributed by atoms with E-state index in [2.05, 4.69) is 37.9 Å². The molecule has 0 aromatic carbocycles. The molecule has 1 rings (SSSR count). The van der Waals surface area contributed by atoms with Gasteiger partial charge in [-0.25, -0.2) is 0 Å². The van der Waals surface area contributed by atoms with Gasteiger partial charge in [0.1, 0.15) is 0 Å². The van der Waals surface area contributed by atoms with E-state index in [-0.39, 0.29) is 0 Å². The molecule has 0 saturated heterocycles. The summed E-state index contributed by atoms with van der Waals surface area (Å²) in [4.78, 5) is 2.42. The molecule has 1 aliphatic heterocycles. The Labute approximate surface area is 70.1 Å². The first-order valence-corrected chi connectivity index (χ1v) is 4.64. The topological polar surface area (TPSA) is 3.24 Å². The molecule has 0 saturated carbocycles. The predicted molar refractivity (Wildman–Crippen MR) is 49.4 cm³/mol. The zero-order chi connectivity index (χ0) is 8.27. The molecular weight excluding hydrogens is 134 g/mol. The minimum absolute atomic E-state index is 0.663. The largest absolute Gasteiger partial charge is 0.375 e. The van der Waals surface area contributed by atoms with Crippen LogP contribution in [0.3, 0.4) is 0 Å². The van der Waals surface area contributed by atoms with Gasteiger partial charge < -0.3 is 4.90 Å². The highest BCUT2D eigenvalue weighted by atomic mass is 15.1. The van der Waals surface area contributed by atoms with Gasteiger partial charge >= 0.3 is 0 Å². The number of hydrogen-bond donors (Lipinski definition) is 0. The highest BCUT2D eigenvalue weighted by Gasteiger charge is 2.08. The summed E-state index contributed by atoms with van der Waals surface area (Å²) in [5.41, 5.74) is 0. The van der Waals surface area contributed by atoms with Gasteiger partial charge in [-0.3, -0.25) is 0 Å². The van der Waals surface area contributed by atoms with E-state index >= 15 is 0 Å². The average Bonchev–Trinajstić information content (AvgIpc) is 2.13. The van der Waals surface area contributed by atoms with Crippen LogP contribution in [0.2, 0.25) is 0 Å². The van der Waals surface area contributed by atoms with Crippen LogP contribution in [0, 0.1) is 5.92 Å². The van der Waals surface area contributed by atoms with Gasteiger partial charge in [0.25, 0.3) is 0 Å². The van der Waals surface area contributed by atoms with Crippen LogP contribution in [0.25, 0.3) is 0 Å². The van der Waals surface area contributed by atoms with Crippen LogP contribution < -0.4 is 0 Å². The molecule has 1 unspecified atom stereocenters. The third-order valence-corrected chi connectivity index (χ3v) is 2.35. The molecule has 1 heteroatoms. The average molecular weight is 153 g/mol. The Morgan fingerprint density at radius 3 is 2.82 bits per heavy atom. The van der Waals surface area contributed by atoms with Crippen LogP contribution in [0.1, 0.15) is 33.6 Å². The summed E-state index contributed by atoms with van der Waals surface area (Å²) in [6.45, 7) is 8.03. The molecule has 0 bridgehead atoms. The zero-order valence-corrected chi connectivity index (χ0v) is 7.88. The van der Waals surface area contributed by atoms with E-state index < -0.39 is 0 Å². The highest BCUT2D eigenvalue weighted by Crippen LogP contribution is 2.14. The summed E-state index contributed by atoms with van der Waals surface area (Å²) in [7, 11) is 0. The van der Waals surface area contributed by atoms with Crippen molar-refractivity contribution in [2.45, 2.75) is 39.7 Å². The summed E-state index contributed by atoms with van der Waals surface area (Å²) in [6, 6.07) is 0.663. The summed E-state index contributed by atoms with van der Waals surface area (Å²) in [5, 5.41) is 0. The molecule has 0 N–H and O–H groups in total. The van der Waals surface area contributed by atoms with Crippen LogP contribution in [-0.2, 0) is 0 Å². The van der Waals surface area contributed by atoms with Gasteiger partial charge in [-0.1, -0.05) is 13.0 Å². The number of rotatable bonds is 1. The molecule has 0 aliphatic carbocycles. The second-order valence-corrected chi connectivity index (χ2v) is 3.79. The SMILES string of the molecule is CC1C=CN(C(C)C)CCC1. The molecule has 0 amide bonds. The molecule has 1 aliphatic rings. The van der Waals surface area contributed by atoms with Crippen molar-refractivity contribution in [3.05, 3.63) is 12.3 Å².